The third kappa shape index (κ3) is 4.43. The fourth-order valence-electron chi connectivity index (χ4n) is 1.43. The van der Waals surface area contributed by atoms with Crippen LogP contribution in [0.25, 0.3) is 5.70 Å². The second kappa shape index (κ2) is 7.16. The van der Waals surface area contributed by atoms with Crippen LogP contribution in [0.3, 0.4) is 0 Å². The Morgan fingerprint density at radius 2 is 2.21 bits per heavy atom. The SMILES string of the molecule is C=C(NN(C)C(=O)/C(C)=C/C=C\C)c1ccccn1. The van der Waals surface area contributed by atoms with Crippen LogP contribution in [0.15, 0.2) is 54.8 Å². The minimum absolute atomic E-state index is 0.116. The molecule has 0 aromatic carbocycles. The van der Waals surface area contributed by atoms with Crippen LogP contribution in [0, 0.1) is 0 Å². The van der Waals surface area contributed by atoms with E-state index in [0.29, 0.717) is 17.0 Å². The molecule has 1 amide bonds. The maximum Gasteiger partial charge on any atom is 0.267 e. The number of pyridine rings is 1. The van der Waals surface area contributed by atoms with E-state index in [-0.39, 0.29) is 5.91 Å². The molecule has 0 aliphatic heterocycles. The average molecular weight is 257 g/mol. The molecule has 0 unspecified atom stereocenters. The van der Waals surface area contributed by atoms with E-state index in [4.69, 9.17) is 0 Å². The Morgan fingerprint density at radius 3 is 2.79 bits per heavy atom. The van der Waals surface area contributed by atoms with Gasteiger partial charge in [-0.2, -0.15) is 0 Å². The molecule has 0 spiro atoms. The number of aromatic nitrogens is 1. The van der Waals surface area contributed by atoms with Crippen LogP contribution in [0.1, 0.15) is 19.5 Å². The van der Waals surface area contributed by atoms with Gasteiger partial charge in [0.1, 0.15) is 0 Å². The van der Waals surface area contributed by atoms with Crippen molar-refractivity contribution in [2.75, 3.05) is 7.05 Å². The summed E-state index contributed by atoms with van der Waals surface area (Å²) in [6, 6.07) is 5.53. The summed E-state index contributed by atoms with van der Waals surface area (Å²) in [5.74, 6) is -0.116. The molecule has 1 rings (SSSR count). The molecule has 0 atom stereocenters. The molecular weight excluding hydrogens is 238 g/mol. The van der Waals surface area contributed by atoms with Gasteiger partial charge in [0.15, 0.2) is 0 Å². The first-order valence-electron chi connectivity index (χ1n) is 6.01. The first-order valence-corrected chi connectivity index (χ1v) is 6.01. The van der Waals surface area contributed by atoms with Gasteiger partial charge in [-0.05, 0) is 26.0 Å². The van der Waals surface area contributed by atoms with Crippen LogP contribution in [0.4, 0.5) is 0 Å². The van der Waals surface area contributed by atoms with E-state index in [1.807, 2.05) is 37.3 Å². The molecular formula is C15H19N3O. The lowest BCUT2D eigenvalue weighted by Crippen LogP contribution is -2.38. The Balaban J connectivity index is 2.67. The van der Waals surface area contributed by atoms with Gasteiger partial charge in [0.25, 0.3) is 5.91 Å². The second-order valence-electron chi connectivity index (χ2n) is 4.04. The number of nitrogens with one attached hydrogen (secondary N) is 1. The van der Waals surface area contributed by atoms with E-state index in [9.17, 15) is 4.79 Å². The topological polar surface area (TPSA) is 45.2 Å². The number of carbonyl (C=O) groups excluding carboxylic acids is 1. The van der Waals surface area contributed by atoms with E-state index in [1.54, 1.807) is 26.2 Å². The fraction of sp³-hybridized carbons (Fsp3) is 0.200. The summed E-state index contributed by atoms with van der Waals surface area (Å²) < 4.78 is 0. The number of hydrogen-bond acceptors (Lipinski definition) is 3. The van der Waals surface area contributed by atoms with Crippen molar-refractivity contribution in [3.63, 3.8) is 0 Å². The highest BCUT2D eigenvalue weighted by Gasteiger charge is 2.11. The molecule has 0 saturated carbocycles. The highest BCUT2D eigenvalue weighted by atomic mass is 16.2. The summed E-state index contributed by atoms with van der Waals surface area (Å²) in [6.45, 7) is 7.54. The number of carbonyl (C=O) groups is 1. The van der Waals surface area contributed by atoms with Crippen molar-refractivity contribution in [1.29, 1.82) is 0 Å². The Labute approximate surface area is 114 Å². The van der Waals surface area contributed by atoms with Gasteiger partial charge >= 0.3 is 0 Å². The van der Waals surface area contributed by atoms with Crippen molar-refractivity contribution in [3.05, 3.63) is 60.5 Å². The first kappa shape index (κ1) is 14.7. The predicted octanol–water partition coefficient (Wildman–Crippen LogP) is 2.54. The van der Waals surface area contributed by atoms with Gasteiger partial charge in [-0.1, -0.05) is 30.9 Å². The number of hydrazine groups is 1. The number of hydrogen-bond donors (Lipinski definition) is 1. The summed E-state index contributed by atoms with van der Waals surface area (Å²) in [5, 5.41) is 1.40. The summed E-state index contributed by atoms with van der Waals surface area (Å²) in [4.78, 5) is 16.2. The molecule has 19 heavy (non-hydrogen) atoms. The maximum atomic E-state index is 12.0. The second-order valence-corrected chi connectivity index (χ2v) is 4.04. The highest BCUT2D eigenvalue weighted by Crippen LogP contribution is 2.06. The molecule has 1 aromatic rings. The summed E-state index contributed by atoms with van der Waals surface area (Å²) in [6.07, 6.45) is 7.15. The summed E-state index contributed by atoms with van der Waals surface area (Å²) >= 11 is 0. The van der Waals surface area contributed by atoms with E-state index < -0.39 is 0 Å². The predicted molar refractivity (Wildman–Crippen MR) is 77.7 cm³/mol. The Bertz CT molecular complexity index is 503. The molecule has 1 aromatic heterocycles. The third-order valence-electron chi connectivity index (χ3n) is 2.46. The maximum absolute atomic E-state index is 12.0. The van der Waals surface area contributed by atoms with Crippen LogP contribution in [0.5, 0.6) is 0 Å². The quantitative estimate of drug-likeness (QED) is 0.501. The van der Waals surface area contributed by atoms with Crippen molar-refractivity contribution >= 4 is 11.6 Å². The molecule has 100 valence electrons. The molecule has 0 bridgehead atoms. The van der Waals surface area contributed by atoms with Crippen molar-refractivity contribution < 1.29 is 4.79 Å². The number of rotatable bonds is 5. The minimum Gasteiger partial charge on any atom is -0.294 e. The van der Waals surface area contributed by atoms with E-state index >= 15 is 0 Å². The van der Waals surface area contributed by atoms with E-state index in [2.05, 4.69) is 17.0 Å². The molecule has 1 heterocycles. The van der Waals surface area contributed by atoms with Crippen LogP contribution in [0.2, 0.25) is 0 Å². The van der Waals surface area contributed by atoms with Gasteiger partial charge in [0, 0.05) is 18.8 Å². The van der Waals surface area contributed by atoms with Crippen LogP contribution in [-0.4, -0.2) is 22.9 Å². The summed E-state index contributed by atoms with van der Waals surface area (Å²) in [7, 11) is 1.66. The zero-order valence-electron chi connectivity index (χ0n) is 11.6. The highest BCUT2D eigenvalue weighted by molar-refractivity contribution is 5.93. The van der Waals surface area contributed by atoms with Gasteiger partial charge in [-0.25, -0.2) is 0 Å². The van der Waals surface area contributed by atoms with Crippen molar-refractivity contribution in [2.24, 2.45) is 0 Å². The lowest BCUT2D eigenvalue weighted by atomic mass is 10.2. The zero-order chi connectivity index (χ0) is 14.3. The van der Waals surface area contributed by atoms with Gasteiger partial charge < -0.3 is 0 Å². The number of nitrogens with zero attached hydrogens (tertiary/aromatic N) is 2. The molecule has 0 fully saturated rings. The van der Waals surface area contributed by atoms with Crippen molar-refractivity contribution in [2.45, 2.75) is 13.8 Å². The van der Waals surface area contributed by atoms with Crippen LogP contribution < -0.4 is 5.43 Å². The smallest absolute Gasteiger partial charge is 0.267 e. The third-order valence-corrected chi connectivity index (χ3v) is 2.46. The van der Waals surface area contributed by atoms with Crippen LogP contribution in [-0.2, 0) is 4.79 Å². The average Bonchev–Trinajstić information content (AvgIpc) is 2.44. The molecule has 1 N–H and O–H groups in total. The lowest BCUT2D eigenvalue weighted by Gasteiger charge is -2.20. The van der Waals surface area contributed by atoms with Gasteiger partial charge in [0.05, 0.1) is 11.4 Å². The van der Waals surface area contributed by atoms with E-state index in [0.717, 1.165) is 0 Å². The molecule has 4 heteroatoms. The Morgan fingerprint density at radius 1 is 1.47 bits per heavy atom. The zero-order valence-corrected chi connectivity index (χ0v) is 11.6. The van der Waals surface area contributed by atoms with Crippen molar-refractivity contribution in [3.8, 4) is 0 Å². The molecule has 0 aliphatic rings. The Kier molecular flexibility index (Phi) is 5.54. The normalized spacial score (nSPS) is 11.4. The van der Waals surface area contributed by atoms with Gasteiger partial charge in [0.2, 0.25) is 0 Å². The van der Waals surface area contributed by atoms with Crippen molar-refractivity contribution in [1.82, 2.24) is 15.4 Å². The number of likely N-dealkylation sites (N-methyl/N-ethyl adjacent to an activating group) is 1. The Hall–Kier alpha value is -2.36. The number of amides is 1. The fourth-order valence-corrected chi connectivity index (χ4v) is 1.43. The molecule has 0 aliphatic carbocycles. The first-order chi connectivity index (χ1) is 9.06. The minimum atomic E-state index is -0.116. The van der Waals surface area contributed by atoms with Gasteiger partial charge in [-0.15, -0.1) is 0 Å². The molecule has 0 radical (unpaired) electrons. The van der Waals surface area contributed by atoms with E-state index in [1.165, 1.54) is 5.01 Å². The lowest BCUT2D eigenvalue weighted by molar-refractivity contribution is -0.127. The largest absolute Gasteiger partial charge is 0.294 e. The standard InChI is InChI=1S/C15H19N3O/c1-5-6-9-12(2)15(19)18(4)17-13(3)14-10-7-8-11-16-14/h5-11,17H,3H2,1-2,4H3/b6-5-,12-9+. The molecule has 4 nitrogen and oxygen atoms in total. The number of allylic oxidation sites excluding steroid dienone is 3. The summed E-state index contributed by atoms with van der Waals surface area (Å²) in [5.41, 5.74) is 4.84. The van der Waals surface area contributed by atoms with Gasteiger partial charge in [-0.3, -0.25) is 20.2 Å². The van der Waals surface area contributed by atoms with Crippen LogP contribution >= 0.6 is 0 Å². The monoisotopic (exact) mass is 257 g/mol. The molecule has 0 saturated heterocycles.